The van der Waals surface area contributed by atoms with Crippen molar-refractivity contribution in [1.29, 1.82) is 0 Å². The molecule has 0 radical (unpaired) electrons. The van der Waals surface area contributed by atoms with Gasteiger partial charge in [-0.2, -0.15) is 0 Å². The maximum atomic E-state index is 12.0. The van der Waals surface area contributed by atoms with Crippen molar-refractivity contribution in [3.8, 4) is 0 Å². The Morgan fingerprint density at radius 3 is 2.64 bits per heavy atom. The molecule has 1 aliphatic rings. The van der Waals surface area contributed by atoms with E-state index in [1.807, 2.05) is 24.3 Å². The number of rotatable bonds is 7. The van der Waals surface area contributed by atoms with Gasteiger partial charge in [-0.05, 0) is 36.5 Å². The van der Waals surface area contributed by atoms with E-state index in [0.29, 0.717) is 37.3 Å². The molecule has 1 aromatic rings. The fourth-order valence-corrected chi connectivity index (χ4v) is 2.93. The molecule has 4 heteroatoms. The van der Waals surface area contributed by atoms with Crippen LogP contribution in [0.4, 0.5) is 0 Å². The second kappa shape index (κ2) is 8.91. The lowest BCUT2D eigenvalue weighted by atomic mass is 9.88. The molecule has 2 rings (SSSR count). The van der Waals surface area contributed by atoms with Crippen LogP contribution in [0, 0.1) is 5.92 Å². The van der Waals surface area contributed by atoms with Gasteiger partial charge in [-0.15, -0.1) is 0 Å². The van der Waals surface area contributed by atoms with Crippen LogP contribution in [-0.4, -0.2) is 32.3 Å². The average molecular weight is 305 g/mol. The molecule has 1 aliphatic carbocycles. The SMILES string of the molecule is COCc1ccc(C(=O)NCCOC2CCCCC2C)cc1. The maximum Gasteiger partial charge on any atom is 0.251 e. The van der Waals surface area contributed by atoms with Crippen molar-refractivity contribution in [3.05, 3.63) is 35.4 Å². The van der Waals surface area contributed by atoms with E-state index in [2.05, 4.69) is 12.2 Å². The number of carbonyl (C=O) groups is 1. The van der Waals surface area contributed by atoms with E-state index in [9.17, 15) is 4.79 Å². The summed E-state index contributed by atoms with van der Waals surface area (Å²) in [7, 11) is 1.66. The molecule has 22 heavy (non-hydrogen) atoms. The molecule has 0 heterocycles. The number of benzene rings is 1. The van der Waals surface area contributed by atoms with Gasteiger partial charge in [0.15, 0.2) is 0 Å². The Labute approximate surface area is 133 Å². The minimum atomic E-state index is -0.0516. The lowest BCUT2D eigenvalue weighted by Gasteiger charge is -2.28. The third-order valence-electron chi connectivity index (χ3n) is 4.28. The van der Waals surface area contributed by atoms with Gasteiger partial charge in [0.25, 0.3) is 5.91 Å². The monoisotopic (exact) mass is 305 g/mol. The summed E-state index contributed by atoms with van der Waals surface area (Å²) in [6, 6.07) is 7.48. The van der Waals surface area contributed by atoms with Gasteiger partial charge in [0.05, 0.1) is 19.3 Å². The molecule has 1 saturated carbocycles. The summed E-state index contributed by atoms with van der Waals surface area (Å²) < 4.78 is 11.0. The Hall–Kier alpha value is -1.39. The Kier molecular flexibility index (Phi) is 6.87. The molecule has 2 atom stereocenters. The second-order valence-corrected chi connectivity index (χ2v) is 6.06. The lowest BCUT2D eigenvalue weighted by Crippen LogP contribution is -2.31. The van der Waals surface area contributed by atoms with Gasteiger partial charge in [-0.1, -0.05) is 31.9 Å². The largest absolute Gasteiger partial charge is 0.380 e. The average Bonchev–Trinajstić information content (AvgIpc) is 2.54. The van der Waals surface area contributed by atoms with Crippen LogP contribution in [0.2, 0.25) is 0 Å². The summed E-state index contributed by atoms with van der Waals surface area (Å²) in [6.45, 7) is 3.96. The molecule has 0 saturated heterocycles. The minimum Gasteiger partial charge on any atom is -0.380 e. The molecule has 0 aliphatic heterocycles. The van der Waals surface area contributed by atoms with Crippen LogP contribution >= 0.6 is 0 Å². The molecule has 4 nitrogen and oxygen atoms in total. The zero-order chi connectivity index (χ0) is 15.8. The number of methoxy groups -OCH3 is 1. The van der Waals surface area contributed by atoms with E-state index in [1.54, 1.807) is 7.11 Å². The first-order valence-electron chi connectivity index (χ1n) is 8.18. The Bertz CT molecular complexity index is 458. The van der Waals surface area contributed by atoms with E-state index in [1.165, 1.54) is 19.3 Å². The summed E-state index contributed by atoms with van der Waals surface area (Å²) in [5.74, 6) is 0.585. The van der Waals surface area contributed by atoms with E-state index < -0.39 is 0 Å². The van der Waals surface area contributed by atoms with Crippen LogP contribution in [0.25, 0.3) is 0 Å². The van der Waals surface area contributed by atoms with Gasteiger partial charge in [0, 0.05) is 19.2 Å². The summed E-state index contributed by atoms with van der Waals surface area (Å²) in [6.07, 6.45) is 5.34. The molecule has 2 unspecified atom stereocenters. The van der Waals surface area contributed by atoms with Crippen LogP contribution < -0.4 is 5.32 Å². The zero-order valence-electron chi connectivity index (χ0n) is 13.6. The highest BCUT2D eigenvalue weighted by Crippen LogP contribution is 2.25. The van der Waals surface area contributed by atoms with Gasteiger partial charge in [0.1, 0.15) is 0 Å². The summed E-state index contributed by atoms with van der Waals surface area (Å²) >= 11 is 0. The van der Waals surface area contributed by atoms with Crippen molar-refractivity contribution in [1.82, 2.24) is 5.32 Å². The lowest BCUT2D eigenvalue weighted by molar-refractivity contribution is -0.00293. The predicted octanol–water partition coefficient (Wildman–Crippen LogP) is 3.16. The normalized spacial score (nSPS) is 21.5. The first-order valence-corrected chi connectivity index (χ1v) is 8.18. The third-order valence-corrected chi connectivity index (χ3v) is 4.28. The Morgan fingerprint density at radius 1 is 1.23 bits per heavy atom. The van der Waals surface area contributed by atoms with Crippen LogP contribution in [0.3, 0.4) is 0 Å². The summed E-state index contributed by atoms with van der Waals surface area (Å²) in [5, 5.41) is 2.91. The molecule has 1 amide bonds. The maximum absolute atomic E-state index is 12.0. The van der Waals surface area contributed by atoms with Gasteiger partial charge in [-0.25, -0.2) is 0 Å². The Balaban J connectivity index is 1.68. The molecule has 0 spiro atoms. The van der Waals surface area contributed by atoms with Crippen molar-refractivity contribution >= 4 is 5.91 Å². The van der Waals surface area contributed by atoms with E-state index in [0.717, 1.165) is 12.0 Å². The topological polar surface area (TPSA) is 47.6 Å². The number of ether oxygens (including phenoxy) is 2. The van der Waals surface area contributed by atoms with Crippen molar-refractivity contribution in [2.45, 2.75) is 45.3 Å². The molecule has 122 valence electrons. The molecule has 0 bridgehead atoms. The Morgan fingerprint density at radius 2 is 1.95 bits per heavy atom. The van der Waals surface area contributed by atoms with Crippen molar-refractivity contribution in [3.63, 3.8) is 0 Å². The standard InChI is InChI=1S/C18H27NO3/c1-14-5-3-4-6-17(14)22-12-11-19-18(20)16-9-7-15(8-10-16)13-21-2/h7-10,14,17H,3-6,11-13H2,1-2H3,(H,19,20). The molecule has 1 fully saturated rings. The highest BCUT2D eigenvalue weighted by atomic mass is 16.5. The minimum absolute atomic E-state index is 0.0516. The van der Waals surface area contributed by atoms with Crippen LogP contribution in [0.1, 0.15) is 48.5 Å². The first kappa shape index (κ1) is 17.0. The predicted molar refractivity (Wildman–Crippen MR) is 86.9 cm³/mol. The fraction of sp³-hybridized carbons (Fsp3) is 0.611. The number of hydrogen-bond donors (Lipinski definition) is 1. The van der Waals surface area contributed by atoms with Crippen molar-refractivity contribution < 1.29 is 14.3 Å². The van der Waals surface area contributed by atoms with E-state index in [-0.39, 0.29) is 5.91 Å². The summed E-state index contributed by atoms with van der Waals surface area (Å²) in [5.41, 5.74) is 1.74. The van der Waals surface area contributed by atoms with Crippen molar-refractivity contribution in [2.24, 2.45) is 5.92 Å². The highest BCUT2D eigenvalue weighted by Gasteiger charge is 2.21. The first-order chi connectivity index (χ1) is 10.7. The van der Waals surface area contributed by atoms with Gasteiger partial charge < -0.3 is 14.8 Å². The third kappa shape index (κ3) is 5.11. The van der Waals surface area contributed by atoms with Crippen molar-refractivity contribution in [2.75, 3.05) is 20.3 Å². The number of amides is 1. The van der Waals surface area contributed by atoms with Gasteiger partial charge in [0.2, 0.25) is 0 Å². The van der Waals surface area contributed by atoms with E-state index >= 15 is 0 Å². The smallest absolute Gasteiger partial charge is 0.251 e. The van der Waals surface area contributed by atoms with E-state index in [4.69, 9.17) is 9.47 Å². The number of nitrogens with one attached hydrogen (secondary N) is 1. The molecule has 0 aromatic heterocycles. The van der Waals surface area contributed by atoms with Crippen LogP contribution in [-0.2, 0) is 16.1 Å². The molecular formula is C18H27NO3. The zero-order valence-corrected chi connectivity index (χ0v) is 13.6. The van der Waals surface area contributed by atoms with Crippen LogP contribution in [0.15, 0.2) is 24.3 Å². The highest BCUT2D eigenvalue weighted by molar-refractivity contribution is 5.94. The quantitative estimate of drug-likeness (QED) is 0.787. The summed E-state index contributed by atoms with van der Waals surface area (Å²) in [4.78, 5) is 12.0. The van der Waals surface area contributed by atoms with Gasteiger partial charge in [-0.3, -0.25) is 4.79 Å². The fourth-order valence-electron chi connectivity index (χ4n) is 2.93. The number of carbonyl (C=O) groups excluding carboxylic acids is 1. The molecular weight excluding hydrogens is 278 g/mol. The van der Waals surface area contributed by atoms with Gasteiger partial charge >= 0.3 is 0 Å². The van der Waals surface area contributed by atoms with Crippen LogP contribution in [0.5, 0.6) is 0 Å². The molecule has 1 N–H and O–H groups in total. The molecule has 1 aromatic carbocycles. The second-order valence-electron chi connectivity index (χ2n) is 6.06. The number of hydrogen-bond acceptors (Lipinski definition) is 3.